The van der Waals surface area contributed by atoms with Gasteiger partial charge < -0.3 is 10.2 Å². The van der Waals surface area contributed by atoms with Crippen molar-refractivity contribution in [2.75, 3.05) is 13.2 Å². The van der Waals surface area contributed by atoms with Crippen LogP contribution >= 0.6 is 0 Å². The molecule has 17 heavy (non-hydrogen) atoms. The maximum Gasteiger partial charge on any atom is 0.328 e. The third-order valence-corrected chi connectivity index (χ3v) is 2.26. The van der Waals surface area contributed by atoms with E-state index in [0.29, 0.717) is 0 Å². The number of aliphatic hydroxyl groups excluding tert-OH is 2. The molecule has 0 fully saturated rings. The van der Waals surface area contributed by atoms with E-state index < -0.39 is 36.8 Å². The fourth-order valence-electron chi connectivity index (χ4n) is 1.22. The number of hydrogen-bond acceptors (Lipinski definition) is 4. The number of hydrogen-bond donors (Lipinski definition) is 3. The van der Waals surface area contributed by atoms with Crippen molar-refractivity contribution in [1.82, 2.24) is 9.55 Å². The molecule has 1 rings (SSSR count). The van der Waals surface area contributed by atoms with E-state index in [1.807, 2.05) is 4.98 Å². The topological polar surface area (TPSA) is 95.3 Å². The number of allylic oxidation sites excluding steroid dienone is 1. The van der Waals surface area contributed by atoms with Crippen LogP contribution in [-0.4, -0.2) is 33.0 Å². The molecule has 0 saturated heterocycles. The van der Waals surface area contributed by atoms with Crippen molar-refractivity contribution >= 4 is 0 Å². The molecule has 0 aromatic carbocycles. The molecule has 0 saturated carbocycles. The lowest BCUT2D eigenvalue weighted by Gasteiger charge is -2.07. The lowest BCUT2D eigenvalue weighted by Crippen LogP contribution is -2.31. The molecule has 94 valence electrons. The Balaban J connectivity index is 3.12. The predicted molar refractivity (Wildman–Crippen MR) is 58.4 cm³/mol. The maximum atomic E-state index is 13.5. The van der Waals surface area contributed by atoms with Gasteiger partial charge in [-0.05, 0) is 6.92 Å². The van der Waals surface area contributed by atoms with Gasteiger partial charge in [0, 0.05) is 17.3 Å². The SMILES string of the molecule is Cc1cn(CC(F)=C(CO)CO)c(=O)[nH]c1=O. The number of aryl methyl sites for hydroxylation is 1. The van der Waals surface area contributed by atoms with Crippen molar-refractivity contribution in [3.05, 3.63) is 44.0 Å². The minimum atomic E-state index is -0.802. The fourth-order valence-corrected chi connectivity index (χ4v) is 1.22. The molecule has 3 N–H and O–H groups in total. The number of aromatic amines is 1. The van der Waals surface area contributed by atoms with Crippen LogP contribution in [0.15, 0.2) is 27.2 Å². The summed E-state index contributed by atoms with van der Waals surface area (Å²) in [6.45, 7) is -0.207. The highest BCUT2D eigenvalue weighted by atomic mass is 19.1. The van der Waals surface area contributed by atoms with Crippen LogP contribution in [-0.2, 0) is 6.54 Å². The van der Waals surface area contributed by atoms with Gasteiger partial charge in [0.05, 0.1) is 19.8 Å². The van der Waals surface area contributed by atoms with Gasteiger partial charge in [0.1, 0.15) is 5.83 Å². The van der Waals surface area contributed by atoms with E-state index in [9.17, 15) is 14.0 Å². The van der Waals surface area contributed by atoms with Gasteiger partial charge in [-0.1, -0.05) is 0 Å². The zero-order valence-corrected chi connectivity index (χ0v) is 9.23. The second-order valence-corrected chi connectivity index (χ2v) is 3.52. The standard InChI is InChI=1S/C10H13FN2O4/c1-6-2-13(10(17)12-9(6)16)3-8(11)7(4-14)5-15/h2,14-15H,3-5H2,1H3,(H,12,16,17). The summed E-state index contributed by atoms with van der Waals surface area (Å²) < 4.78 is 14.4. The van der Waals surface area contributed by atoms with Gasteiger partial charge in [-0.25, -0.2) is 9.18 Å². The molecule has 0 unspecified atom stereocenters. The molecular formula is C10H13FN2O4. The van der Waals surface area contributed by atoms with Gasteiger partial charge in [-0.15, -0.1) is 0 Å². The summed E-state index contributed by atoms with van der Waals surface area (Å²) in [5.74, 6) is -0.802. The lowest BCUT2D eigenvalue weighted by molar-refractivity contribution is 0.267. The first-order valence-corrected chi connectivity index (χ1v) is 4.88. The summed E-state index contributed by atoms with van der Waals surface area (Å²) in [7, 11) is 0. The van der Waals surface area contributed by atoms with Gasteiger partial charge >= 0.3 is 5.69 Å². The number of halogens is 1. The number of rotatable bonds is 4. The summed E-state index contributed by atoms with van der Waals surface area (Å²) in [4.78, 5) is 24.4. The van der Waals surface area contributed by atoms with Crippen molar-refractivity contribution in [2.24, 2.45) is 0 Å². The Morgan fingerprint density at radius 1 is 1.41 bits per heavy atom. The van der Waals surface area contributed by atoms with Crippen LogP contribution in [0.1, 0.15) is 5.56 Å². The molecule has 7 heteroatoms. The Morgan fingerprint density at radius 2 is 2.00 bits per heavy atom. The molecule has 6 nitrogen and oxygen atoms in total. The fraction of sp³-hybridized carbons (Fsp3) is 0.400. The number of aliphatic hydroxyl groups is 2. The Morgan fingerprint density at radius 3 is 2.53 bits per heavy atom. The second kappa shape index (κ2) is 5.55. The van der Waals surface area contributed by atoms with Gasteiger partial charge in [0.2, 0.25) is 0 Å². The maximum absolute atomic E-state index is 13.5. The molecule has 0 atom stereocenters. The first-order chi connectivity index (χ1) is 7.99. The second-order valence-electron chi connectivity index (χ2n) is 3.52. The van der Waals surface area contributed by atoms with E-state index in [1.54, 1.807) is 0 Å². The van der Waals surface area contributed by atoms with Crippen LogP contribution in [0.25, 0.3) is 0 Å². The Hall–Kier alpha value is -1.73. The van der Waals surface area contributed by atoms with Crippen LogP contribution < -0.4 is 11.2 Å². The summed E-state index contributed by atoms with van der Waals surface area (Å²) in [6, 6.07) is 0. The van der Waals surface area contributed by atoms with Crippen molar-refractivity contribution in [1.29, 1.82) is 0 Å². The molecule has 0 radical (unpaired) electrons. The summed E-state index contributed by atoms with van der Waals surface area (Å²) >= 11 is 0. The van der Waals surface area contributed by atoms with Gasteiger partial charge in [0.15, 0.2) is 0 Å². The molecule has 0 aliphatic heterocycles. The smallest absolute Gasteiger partial charge is 0.328 e. The molecule has 1 aromatic heterocycles. The molecule has 0 aliphatic rings. The zero-order valence-electron chi connectivity index (χ0n) is 9.23. The zero-order chi connectivity index (χ0) is 13.0. The van der Waals surface area contributed by atoms with Crippen molar-refractivity contribution in [2.45, 2.75) is 13.5 Å². The Kier molecular flexibility index (Phi) is 4.36. The Labute approximate surface area is 95.7 Å². The van der Waals surface area contributed by atoms with Gasteiger partial charge in [-0.2, -0.15) is 0 Å². The minimum absolute atomic E-state index is 0.194. The molecule has 0 bridgehead atoms. The molecule has 1 heterocycles. The van der Waals surface area contributed by atoms with E-state index in [0.717, 1.165) is 4.57 Å². The van der Waals surface area contributed by atoms with Crippen LogP contribution in [0.3, 0.4) is 0 Å². The van der Waals surface area contributed by atoms with Crippen LogP contribution in [0, 0.1) is 6.92 Å². The minimum Gasteiger partial charge on any atom is -0.392 e. The largest absolute Gasteiger partial charge is 0.392 e. The number of nitrogens with one attached hydrogen (secondary N) is 1. The third kappa shape index (κ3) is 3.11. The highest BCUT2D eigenvalue weighted by Crippen LogP contribution is 2.07. The number of H-pyrrole nitrogens is 1. The average molecular weight is 244 g/mol. The summed E-state index contributed by atoms with van der Waals surface area (Å²) in [6.07, 6.45) is 1.22. The number of aromatic nitrogens is 2. The summed E-state index contributed by atoms with van der Waals surface area (Å²) in [5.41, 5.74) is -1.20. The first-order valence-electron chi connectivity index (χ1n) is 4.88. The highest BCUT2D eigenvalue weighted by Gasteiger charge is 2.08. The van der Waals surface area contributed by atoms with Crippen molar-refractivity contribution in [3.63, 3.8) is 0 Å². The van der Waals surface area contributed by atoms with Gasteiger partial charge in [0.25, 0.3) is 5.56 Å². The monoisotopic (exact) mass is 244 g/mol. The van der Waals surface area contributed by atoms with E-state index in [-0.39, 0.29) is 11.1 Å². The van der Waals surface area contributed by atoms with E-state index in [4.69, 9.17) is 10.2 Å². The van der Waals surface area contributed by atoms with Crippen LogP contribution in [0.5, 0.6) is 0 Å². The van der Waals surface area contributed by atoms with Crippen molar-refractivity contribution < 1.29 is 14.6 Å². The van der Waals surface area contributed by atoms with E-state index >= 15 is 0 Å². The summed E-state index contributed by atoms with van der Waals surface area (Å²) in [5, 5.41) is 17.5. The van der Waals surface area contributed by atoms with Crippen molar-refractivity contribution in [3.8, 4) is 0 Å². The highest BCUT2D eigenvalue weighted by molar-refractivity contribution is 5.10. The van der Waals surface area contributed by atoms with Crippen LogP contribution in [0.2, 0.25) is 0 Å². The van der Waals surface area contributed by atoms with E-state index in [1.165, 1.54) is 13.1 Å². The normalized spacial score (nSPS) is 10.4. The van der Waals surface area contributed by atoms with Gasteiger partial charge in [-0.3, -0.25) is 14.3 Å². The molecule has 1 aromatic rings. The third-order valence-electron chi connectivity index (χ3n) is 2.26. The van der Waals surface area contributed by atoms with E-state index in [2.05, 4.69) is 0 Å². The molecular weight excluding hydrogens is 231 g/mol. The first kappa shape index (κ1) is 13.3. The predicted octanol–water partition coefficient (Wildman–Crippen LogP) is -0.947. The molecule has 0 aliphatic carbocycles. The molecule has 0 amide bonds. The number of nitrogens with zero attached hydrogens (tertiary/aromatic N) is 1. The quantitative estimate of drug-likeness (QED) is 0.636. The Bertz CT molecular complexity index is 538. The lowest BCUT2D eigenvalue weighted by atomic mass is 10.2. The molecule has 0 spiro atoms. The average Bonchev–Trinajstić information content (AvgIpc) is 2.27. The van der Waals surface area contributed by atoms with Crippen LogP contribution in [0.4, 0.5) is 4.39 Å².